The van der Waals surface area contributed by atoms with Crippen LogP contribution in [0.25, 0.3) is 0 Å². The Morgan fingerprint density at radius 1 is 0.889 bits per heavy atom. The second-order valence-corrected chi connectivity index (χ2v) is 7.22. The molecule has 0 heterocycles. The highest BCUT2D eigenvalue weighted by atomic mass is 28.3. The summed E-state index contributed by atoms with van der Waals surface area (Å²) < 4.78 is 10.8. The van der Waals surface area contributed by atoms with Gasteiger partial charge in [0.05, 0.1) is 0 Å². The highest BCUT2D eigenvalue weighted by molar-refractivity contribution is 6.44. The van der Waals surface area contributed by atoms with E-state index < -0.39 is 9.28 Å². The van der Waals surface area contributed by atoms with Crippen LogP contribution in [-0.2, 0) is 8.85 Å². The van der Waals surface area contributed by atoms with Crippen molar-refractivity contribution in [3.63, 3.8) is 0 Å². The first-order chi connectivity index (χ1) is 8.85. The minimum atomic E-state index is -1.43. The Kier molecular flexibility index (Phi) is 5.17. The second-order valence-electron chi connectivity index (χ2n) is 4.84. The maximum atomic E-state index is 5.42. The topological polar surface area (TPSA) is 18.5 Å². The smallest absolute Gasteiger partial charge is 0.320 e. The van der Waals surface area contributed by atoms with Crippen LogP contribution < -0.4 is 0 Å². The monoisotopic (exact) mass is 262 g/mol. The molecular formula is C15H22O2Si. The molecule has 2 nitrogen and oxygen atoms in total. The lowest BCUT2D eigenvalue weighted by Gasteiger charge is -2.26. The third kappa shape index (κ3) is 3.31. The van der Waals surface area contributed by atoms with E-state index in [4.69, 9.17) is 8.85 Å². The number of hydrogen-bond acceptors (Lipinski definition) is 2. The number of allylic oxidation sites excluding steroid dienone is 8. The van der Waals surface area contributed by atoms with E-state index in [9.17, 15) is 0 Å². The summed E-state index contributed by atoms with van der Waals surface area (Å²) in [5, 5.41) is 0. The van der Waals surface area contributed by atoms with Crippen molar-refractivity contribution >= 4 is 9.28 Å². The second kappa shape index (κ2) is 6.88. The summed E-state index contributed by atoms with van der Waals surface area (Å²) in [7, 11) is 2.10. The highest BCUT2D eigenvalue weighted by Gasteiger charge is 2.26. The van der Waals surface area contributed by atoms with Crippen molar-refractivity contribution < 1.29 is 8.85 Å². The molecule has 98 valence electrons. The standard InChI is InChI=1S/C15H22O2Si/c1-16-18(17-2)12-11-15(13-7-3-4-8-13)14-9-5-6-10-14/h3-10,13-15,18H,11-12H2,1-2H3. The average molecular weight is 262 g/mol. The Morgan fingerprint density at radius 3 is 1.72 bits per heavy atom. The lowest BCUT2D eigenvalue weighted by Crippen LogP contribution is -2.24. The molecule has 0 atom stereocenters. The average Bonchev–Trinajstić information content (AvgIpc) is 3.07. The summed E-state index contributed by atoms with van der Waals surface area (Å²) in [5.41, 5.74) is 0. The van der Waals surface area contributed by atoms with Gasteiger partial charge in [0.1, 0.15) is 0 Å². The van der Waals surface area contributed by atoms with E-state index in [1.165, 1.54) is 0 Å². The van der Waals surface area contributed by atoms with Crippen molar-refractivity contribution in [3.8, 4) is 0 Å². The van der Waals surface area contributed by atoms with Crippen molar-refractivity contribution in [2.75, 3.05) is 14.2 Å². The van der Waals surface area contributed by atoms with Crippen molar-refractivity contribution in [2.45, 2.75) is 12.5 Å². The fourth-order valence-corrected chi connectivity index (χ4v) is 4.09. The van der Waals surface area contributed by atoms with E-state index in [0.717, 1.165) is 12.5 Å². The number of rotatable bonds is 7. The van der Waals surface area contributed by atoms with Crippen molar-refractivity contribution in [2.24, 2.45) is 17.8 Å². The fourth-order valence-electron chi connectivity index (χ4n) is 2.77. The molecule has 0 aromatic carbocycles. The molecule has 0 aromatic heterocycles. The van der Waals surface area contributed by atoms with Crippen LogP contribution in [0.4, 0.5) is 0 Å². The predicted molar refractivity (Wildman–Crippen MR) is 77.6 cm³/mol. The fraction of sp³-hybridized carbons (Fsp3) is 0.467. The molecule has 0 amide bonds. The van der Waals surface area contributed by atoms with Crippen LogP contribution in [-0.4, -0.2) is 23.5 Å². The van der Waals surface area contributed by atoms with Crippen LogP contribution in [0.2, 0.25) is 6.04 Å². The SMILES string of the molecule is CO[SiH](CCC(C1C=CC=C1)C1C=CC=C1)OC. The van der Waals surface area contributed by atoms with Gasteiger partial charge in [0, 0.05) is 14.2 Å². The molecule has 18 heavy (non-hydrogen) atoms. The van der Waals surface area contributed by atoms with Gasteiger partial charge in [-0.05, 0) is 30.2 Å². The molecule has 0 fully saturated rings. The van der Waals surface area contributed by atoms with Crippen LogP contribution in [0, 0.1) is 17.8 Å². The van der Waals surface area contributed by atoms with E-state index in [-0.39, 0.29) is 0 Å². The Bertz CT molecular complexity index is 315. The van der Waals surface area contributed by atoms with Gasteiger partial charge in [0.2, 0.25) is 0 Å². The Morgan fingerprint density at radius 2 is 1.33 bits per heavy atom. The first-order valence-corrected chi connectivity index (χ1v) is 8.36. The first kappa shape index (κ1) is 13.5. The summed E-state index contributed by atoms with van der Waals surface area (Å²) in [6.45, 7) is 0. The molecule has 0 spiro atoms. The molecule has 0 radical (unpaired) electrons. The third-order valence-electron chi connectivity index (χ3n) is 3.81. The van der Waals surface area contributed by atoms with E-state index >= 15 is 0 Å². The first-order valence-electron chi connectivity index (χ1n) is 6.60. The van der Waals surface area contributed by atoms with Gasteiger partial charge in [0.15, 0.2) is 0 Å². The molecule has 2 rings (SSSR count). The number of hydrogen-bond donors (Lipinski definition) is 0. The Hall–Kier alpha value is -0.903. The van der Waals surface area contributed by atoms with E-state index in [2.05, 4.69) is 48.6 Å². The Labute approximate surface area is 112 Å². The molecule has 3 heteroatoms. The van der Waals surface area contributed by atoms with Crippen LogP contribution in [0.1, 0.15) is 6.42 Å². The van der Waals surface area contributed by atoms with Crippen LogP contribution >= 0.6 is 0 Å². The minimum absolute atomic E-state index is 0.561. The highest BCUT2D eigenvalue weighted by Crippen LogP contribution is 2.34. The van der Waals surface area contributed by atoms with E-state index in [0.29, 0.717) is 17.8 Å². The molecule has 2 aliphatic rings. The summed E-state index contributed by atoms with van der Waals surface area (Å²) in [5.74, 6) is 1.76. The van der Waals surface area contributed by atoms with Crippen LogP contribution in [0.15, 0.2) is 48.6 Å². The largest absolute Gasteiger partial charge is 0.400 e. The van der Waals surface area contributed by atoms with Crippen LogP contribution in [0.3, 0.4) is 0 Å². The third-order valence-corrected chi connectivity index (χ3v) is 5.66. The predicted octanol–water partition coefficient (Wildman–Crippen LogP) is 2.99. The molecule has 2 aliphatic carbocycles. The minimum Gasteiger partial charge on any atom is -0.400 e. The van der Waals surface area contributed by atoms with E-state index in [1.807, 2.05) is 0 Å². The van der Waals surface area contributed by atoms with Crippen molar-refractivity contribution in [3.05, 3.63) is 48.6 Å². The van der Waals surface area contributed by atoms with Crippen molar-refractivity contribution in [1.29, 1.82) is 0 Å². The van der Waals surface area contributed by atoms with E-state index in [1.54, 1.807) is 14.2 Å². The van der Waals surface area contributed by atoms with Gasteiger partial charge in [0.25, 0.3) is 0 Å². The molecule has 0 aliphatic heterocycles. The Balaban J connectivity index is 1.96. The van der Waals surface area contributed by atoms with Gasteiger partial charge < -0.3 is 8.85 Å². The van der Waals surface area contributed by atoms with Gasteiger partial charge >= 0.3 is 9.28 Å². The summed E-state index contributed by atoms with van der Waals surface area (Å²) in [6, 6.07) is 1.08. The summed E-state index contributed by atoms with van der Waals surface area (Å²) >= 11 is 0. The molecule has 0 N–H and O–H groups in total. The molecular weight excluding hydrogens is 240 g/mol. The molecule has 0 bridgehead atoms. The maximum Gasteiger partial charge on any atom is 0.320 e. The maximum absolute atomic E-state index is 5.42. The lowest BCUT2D eigenvalue weighted by molar-refractivity contribution is 0.268. The molecule has 0 saturated carbocycles. The summed E-state index contributed by atoms with van der Waals surface area (Å²) in [4.78, 5) is 0. The zero-order valence-electron chi connectivity index (χ0n) is 11.2. The van der Waals surface area contributed by atoms with Crippen molar-refractivity contribution in [1.82, 2.24) is 0 Å². The molecule has 0 saturated heterocycles. The zero-order chi connectivity index (χ0) is 12.8. The van der Waals surface area contributed by atoms with Gasteiger partial charge in [-0.3, -0.25) is 0 Å². The zero-order valence-corrected chi connectivity index (χ0v) is 12.3. The summed E-state index contributed by atoms with van der Waals surface area (Å²) in [6.07, 6.45) is 19.0. The molecule has 0 unspecified atom stereocenters. The van der Waals surface area contributed by atoms with Gasteiger partial charge in [-0.2, -0.15) is 0 Å². The van der Waals surface area contributed by atoms with Gasteiger partial charge in [-0.15, -0.1) is 0 Å². The van der Waals surface area contributed by atoms with Gasteiger partial charge in [-0.1, -0.05) is 48.6 Å². The van der Waals surface area contributed by atoms with Gasteiger partial charge in [-0.25, -0.2) is 0 Å². The van der Waals surface area contributed by atoms with Crippen LogP contribution in [0.5, 0.6) is 0 Å². The lowest BCUT2D eigenvalue weighted by atomic mass is 9.81. The quantitative estimate of drug-likeness (QED) is 0.657. The normalized spacial score (nSPS) is 19.1. The molecule has 0 aromatic rings.